The number of carbonyl (C=O) groups excluding carboxylic acids is 2. The molecule has 0 radical (unpaired) electrons. The van der Waals surface area contributed by atoms with Gasteiger partial charge < -0.3 is 10.5 Å². The number of hydrogen-bond donors (Lipinski definition) is 2. The van der Waals surface area contributed by atoms with Crippen LogP contribution in [0.5, 0.6) is 5.75 Å². The average molecular weight is 362 g/mol. The lowest BCUT2D eigenvalue weighted by Crippen LogP contribution is -2.44. The van der Waals surface area contributed by atoms with Crippen molar-refractivity contribution in [3.63, 3.8) is 0 Å². The summed E-state index contributed by atoms with van der Waals surface area (Å²) in [5, 5.41) is 2.78. The van der Waals surface area contributed by atoms with Crippen molar-refractivity contribution in [2.45, 2.75) is 6.04 Å². The normalized spacial score (nSPS) is 11.8. The number of carbonyl (C=O) groups is 2. The van der Waals surface area contributed by atoms with Crippen LogP contribution in [0.25, 0.3) is 0 Å². The zero-order valence-corrected chi connectivity index (χ0v) is 14.6. The van der Waals surface area contributed by atoms with Gasteiger partial charge in [-0.2, -0.15) is 0 Å². The fourth-order valence-electron chi connectivity index (χ4n) is 2.40. The molecular formula is C18H20ClN3O3. The van der Waals surface area contributed by atoms with Crippen molar-refractivity contribution in [2.24, 2.45) is 5.73 Å². The Labute approximate surface area is 151 Å². The second-order valence-electron chi connectivity index (χ2n) is 5.45. The lowest BCUT2D eigenvalue weighted by atomic mass is 10.0. The van der Waals surface area contributed by atoms with Crippen LogP contribution < -0.4 is 15.8 Å². The van der Waals surface area contributed by atoms with Gasteiger partial charge >= 0.3 is 6.03 Å². The molecule has 0 aliphatic heterocycles. The topological polar surface area (TPSA) is 84.7 Å². The third kappa shape index (κ3) is 5.77. The number of hydrogen-bond acceptors (Lipinski definition) is 4. The molecule has 132 valence electrons. The van der Waals surface area contributed by atoms with Crippen LogP contribution in [0.4, 0.5) is 4.79 Å². The number of benzene rings is 2. The number of likely N-dealkylation sites (N-methyl/N-ethyl adjacent to an activating group) is 1. The number of nitrogens with zero attached hydrogens (tertiary/aromatic N) is 1. The van der Waals surface area contributed by atoms with Crippen LogP contribution >= 0.6 is 11.6 Å². The van der Waals surface area contributed by atoms with Gasteiger partial charge in [0.05, 0.1) is 0 Å². The lowest BCUT2D eigenvalue weighted by Gasteiger charge is -2.27. The maximum absolute atomic E-state index is 12.4. The minimum absolute atomic E-state index is 0.366. The predicted octanol–water partition coefficient (Wildman–Crippen LogP) is 2.59. The Kier molecular flexibility index (Phi) is 6.80. The number of amides is 3. The van der Waals surface area contributed by atoms with Gasteiger partial charge in [0.1, 0.15) is 18.4 Å². The third-order valence-corrected chi connectivity index (χ3v) is 3.83. The smallest absolute Gasteiger partial charge is 0.318 e. The van der Waals surface area contributed by atoms with Gasteiger partial charge in [-0.3, -0.25) is 15.0 Å². The highest BCUT2D eigenvalue weighted by molar-refractivity contribution is 6.30. The molecule has 1 atom stereocenters. The van der Waals surface area contributed by atoms with E-state index in [1.807, 2.05) is 30.3 Å². The van der Waals surface area contributed by atoms with Crippen molar-refractivity contribution in [3.05, 3.63) is 65.2 Å². The summed E-state index contributed by atoms with van der Waals surface area (Å²) in [5.74, 6) is 0.211. The van der Waals surface area contributed by atoms with E-state index in [2.05, 4.69) is 5.32 Å². The molecule has 3 N–H and O–H groups in total. The molecule has 3 amide bonds. The Hall–Kier alpha value is -2.57. The number of ether oxygens (including phenoxy) is 1. The summed E-state index contributed by atoms with van der Waals surface area (Å²) in [6.07, 6.45) is 0. The Bertz CT molecular complexity index is 707. The first-order chi connectivity index (χ1) is 12.0. The molecule has 0 spiro atoms. The maximum atomic E-state index is 12.4. The van der Waals surface area contributed by atoms with E-state index in [0.717, 1.165) is 5.56 Å². The SMILES string of the molecule is CN(CCOc1ccc(Cl)cc1)C(C(=O)NC(N)=O)c1ccccc1. The van der Waals surface area contributed by atoms with Crippen LogP contribution in [0.1, 0.15) is 11.6 Å². The van der Waals surface area contributed by atoms with Gasteiger partial charge in [-0.05, 0) is 36.9 Å². The molecule has 0 aromatic heterocycles. The summed E-state index contributed by atoms with van der Waals surface area (Å²) in [5.41, 5.74) is 5.83. The number of primary amides is 1. The molecule has 0 saturated heterocycles. The molecule has 0 heterocycles. The first-order valence-electron chi connectivity index (χ1n) is 7.71. The van der Waals surface area contributed by atoms with Crippen LogP contribution in [-0.4, -0.2) is 37.0 Å². The van der Waals surface area contributed by atoms with E-state index < -0.39 is 18.0 Å². The van der Waals surface area contributed by atoms with E-state index in [1.165, 1.54) is 0 Å². The van der Waals surface area contributed by atoms with E-state index in [4.69, 9.17) is 22.1 Å². The number of halogens is 1. The lowest BCUT2D eigenvalue weighted by molar-refractivity contribution is -0.125. The summed E-state index contributed by atoms with van der Waals surface area (Å²) in [7, 11) is 1.78. The molecular weight excluding hydrogens is 342 g/mol. The molecule has 2 rings (SSSR count). The second kappa shape index (κ2) is 9.05. The van der Waals surface area contributed by atoms with Gasteiger partial charge in [0.25, 0.3) is 0 Å². The van der Waals surface area contributed by atoms with E-state index in [9.17, 15) is 9.59 Å². The van der Waals surface area contributed by atoms with Gasteiger partial charge in [0.2, 0.25) is 5.91 Å². The molecule has 2 aromatic rings. The quantitative estimate of drug-likeness (QED) is 0.793. The molecule has 0 fully saturated rings. The fraction of sp³-hybridized carbons (Fsp3) is 0.222. The summed E-state index contributed by atoms with van der Waals surface area (Å²) < 4.78 is 5.65. The Balaban J connectivity index is 2.01. The highest BCUT2D eigenvalue weighted by Gasteiger charge is 2.25. The maximum Gasteiger partial charge on any atom is 0.318 e. The standard InChI is InChI=1S/C18H20ClN3O3/c1-22(11-12-25-15-9-7-14(19)8-10-15)16(17(23)21-18(20)24)13-5-3-2-4-6-13/h2-10,16H,11-12H2,1H3,(H3,20,21,23,24). The molecule has 0 aliphatic rings. The largest absolute Gasteiger partial charge is 0.492 e. The minimum Gasteiger partial charge on any atom is -0.492 e. The van der Waals surface area contributed by atoms with Gasteiger partial charge in [-0.15, -0.1) is 0 Å². The minimum atomic E-state index is -0.878. The van der Waals surface area contributed by atoms with E-state index >= 15 is 0 Å². The highest BCUT2D eigenvalue weighted by atomic mass is 35.5. The van der Waals surface area contributed by atoms with E-state index in [-0.39, 0.29) is 0 Å². The van der Waals surface area contributed by atoms with Gasteiger partial charge in [0.15, 0.2) is 0 Å². The van der Waals surface area contributed by atoms with Crippen molar-refractivity contribution in [1.29, 1.82) is 0 Å². The third-order valence-electron chi connectivity index (χ3n) is 3.58. The highest BCUT2D eigenvalue weighted by Crippen LogP contribution is 2.20. The van der Waals surface area contributed by atoms with Gasteiger partial charge in [-0.25, -0.2) is 4.79 Å². The summed E-state index contributed by atoms with van der Waals surface area (Å²) >= 11 is 5.84. The van der Waals surface area contributed by atoms with Crippen LogP contribution in [0.2, 0.25) is 5.02 Å². The zero-order chi connectivity index (χ0) is 18.2. The van der Waals surface area contributed by atoms with Crippen LogP contribution in [-0.2, 0) is 4.79 Å². The number of nitrogens with two attached hydrogens (primary N) is 1. The molecule has 0 saturated carbocycles. The van der Waals surface area contributed by atoms with Gasteiger partial charge in [0, 0.05) is 11.6 Å². The Morgan fingerprint density at radius 2 is 1.80 bits per heavy atom. The molecule has 25 heavy (non-hydrogen) atoms. The van der Waals surface area contributed by atoms with Crippen molar-refractivity contribution in [1.82, 2.24) is 10.2 Å². The van der Waals surface area contributed by atoms with Crippen LogP contribution in [0, 0.1) is 0 Å². The molecule has 1 unspecified atom stereocenters. The molecule has 0 aliphatic carbocycles. The second-order valence-corrected chi connectivity index (χ2v) is 5.89. The summed E-state index contributed by atoms with van der Waals surface area (Å²) in [6, 6.07) is 14.7. The zero-order valence-electron chi connectivity index (χ0n) is 13.8. The first kappa shape index (κ1) is 18.8. The van der Waals surface area contributed by atoms with Crippen LogP contribution in [0.15, 0.2) is 54.6 Å². The molecule has 7 heteroatoms. The van der Waals surface area contributed by atoms with Crippen molar-refractivity contribution < 1.29 is 14.3 Å². The molecule has 0 bridgehead atoms. The van der Waals surface area contributed by atoms with Crippen molar-refractivity contribution >= 4 is 23.5 Å². The van der Waals surface area contributed by atoms with Crippen molar-refractivity contribution in [2.75, 3.05) is 20.2 Å². The first-order valence-corrected chi connectivity index (χ1v) is 8.09. The monoisotopic (exact) mass is 361 g/mol. The van der Waals surface area contributed by atoms with Crippen LogP contribution in [0.3, 0.4) is 0 Å². The average Bonchev–Trinajstić information content (AvgIpc) is 2.57. The number of rotatable bonds is 7. The predicted molar refractivity (Wildman–Crippen MR) is 96.5 cm³/mol. The summed E-state index contributed by atoms with van der Waals surface area (Å²) in [4.78, 5) is 25.2. The Morgan fingerprint density at radius 1 is 1.16 bits per heavy atom. The Morgan fingerprint density at radius 3 is 2.40 bits per heavy atom. The number of imide groups is 1. The molecule has 2 aromatic carbocycles. The van der Waals surface area contributed by atoms with Gasteiger partial charge in [-0.1, -0.05) is 41.9 Å². The van der Waals surface area contributed by atoms with E-state index in [1.54, 1.807) is 36.2 Å². The fourth-order valence-corrected chi connectivity index (χ4v) is 2.52. The number of urea groups is 1. The number of nitrogens with one attached hydrogen (secondary N) is 1. The van der Waals surface area contributed by atoms with E-state index in [0.29, 0.717) is 23.9 Å². The van der Waals surface area contributed by atoms with Crippen molar-refractivity contribution in [3.8, 4) is 5.75 Å². The summed E-state index contributed by atoms with van der Waals surface area (Å²) in [6.45, 7) is 0.833. The molecule has 6 nitrogen and oxygen atoms in total.